The van der Waals surface area contributed by atoms with Gasteiger partial charge < -0.3 is 15.0 Å². The third kappa shape index (κ3) is 3.80. The first-order valence-electron chi connectivity index (χ1n) is 6.92. The lowest BCUT2D eigenvalue weighted by atomic mass is 9.94. The van der Waals surface area contributed by atoms with Gasteiger partial charge in [-0.25, -0.2) is 4.98 Å². The monoisotopic (exact) mass is 267 g/mol. The molecule has 0 aliphatic carbocycles. The SMILES string of the molecule is CCC(CC)(CO)Nc1nccn(CC(C)C)c1=O. The van der Waals surface area contributed by atoms with E-state index in [4.69, 9.17) is 0 Å². The standard InChI is InChI=1S/C14H25N3O2/c1-5-14(6-2,10-18)16-12-13(19)17(8-7-15-12)9-11(3)4/h7-8,11,18H,5-6,9-10H2,1-4H3,(H,15,16). The Kier molecular flexibility index (Phi) is 5.54. The summed E-state index contributed by atoms with van der Waals surface area (Å²) in [5.74, 6) is 0.716. The fourth-order valence-electron chi connectivity index (χ4n) is 2.01. The Balaban J connectivity index is 3.05. The predicted octanol–water partition coefficient (Wildman–Crippen LogP) is 1.86. The van der Waals surface area contributed by atoms with Crippen LogP contribution in [-0.4, -0.2) is 26.8 Å². The van der Waals surface area contributed by atoms with Gasteiger partial charge in [0.25, 0.3) is 5.56 Å². The van der Waals surface area contributed by atoms with E-state index in [2.05, 4.69) is 24.1 Å². The molecule has 0 aromatic carbocycles. The highest BCUT2D eigenvalue weighted by atomic mass is 16.3. The van der Waals surface area contributed by atoms with Crippen LogP contribution in [0.2, 0.25) is 0 Å². The zero-order valence-corrected chi connectivity index (χ0v) is 12.3. The van der Waals surface area contributed by atoms with Crippen molar-refractivity contribution < 1.29 is 5.11 Å². The average Bonchev–Trinajstić information content (AvgIpc) is 2.40. The van der Waals surface area contributed by atoms with E-state index in [0.29, 0.717) is 18.3 Å². The number of hydrogen-bond acceptors (Lipinski definition) is 4. The molecule has 0 fully saturated rings. The molecule has 19 heavy (non-hydrogen) atoms. The van der Waals surface area contributed by atoms with Gasteiger partial charge in [-0.2, -0.15) is 0 Å². The van der Waals surface area contributed by atoms with Gasteiger partial charge in [-0.15, -0.1) is 0 Å². The van der Waals surface area contributed by atoms with Crippen LogP contribution >= 0.6 is 0 Å². The van der Waals surface area contributed by atoms with Crippen molar-refractivity contribution in [2.45, 2.75) is 52.6 Å². The summed E-state index contributed by atoms with van der Waals surface area (Å²) in [4.78, 5) is 16.4. The maximum atomic E-state index is 12.3. The Hall–Kier alpha value is -1.36. The van der Waals surface area contributed by atoms with Crippen LogP contribution in [0.15, 0.2) is 17.2 Å². The van der Waals surface area contributed by atoms with Gasteiger partial charge >= 0.3 is 0 Å². The largest absolute Gasteiger partial charge is 0.394 e. The van der Waals surface area contributed by atoms with Gasteiger partial charge in [0.2, 0.25) is 0 Å². The third-order valence-electron chi connectivity index (χ3n) is 3.52. The molecule has 5 heteroatoms. The average molecular weight is 267 g/mol. The molecule has 0 spiro atoms. The Morgan fingerprint density at radius 2 is 2.05 bits per heavy atom. The molecule has 0 saturated heterocycles. The van der Waals surface area contributed by atoms with Gasteiger partial charge in [-0.3, -0.25) is 4.79 Å². The van der Waals surface area contributed by atoms with Gasteiger partial charge in [0.1, 0.15) is 0 Å². The molecule has 0 aliphatic rings. The highest BCUT2D eigenvalue weighted by Crippen LogP contribution is 2.18. The molecule has 0 unspecified atom stereocenters. The highest BCUT2D eigenvalue weighted by Gasteiger charge is 2.26. The molecule has 1 aromatic rings. The van der Waals surface area contributed by atoms with E-state index in [-0.39, 0.29) is 12.2 Å². The van der Waals surface area contributed by atoms with Crippen molar-refractivity contribution in [3.8, 4) is 0 Å². The second kappa shape index (κ2) is 6.70. The molecule has 0 radical (unpaired) electrons. The summed E-state index contributed by atoms with van der Waals surface area (Å²) in [6, 6.07) is 0. The van der Waals surface area contributed by atoms with E-state index in [1.54, 1.807) is 17.0 Å². The van der Waals surface area contributed by atoms with E-state index in [9.17, 15) is 9.90 Å². The second-order valence-electron chi connectivity index (χ2n) is 5.40. The molecular weight excluding hydrogens is 242 g/mol. The summed E-state index contributed by atoms with van der Waals surface area (Å²) in [5, 5.41) is 12.7. The van der Waals surface area contributed by atoms with Crippen molar-refractivity contribution in [1.82, 2.24) is 9.55 Å². The molecule has 0 saturated carbocycles. The van der Waals surface area contributed by atoms with Gasteiger partial charge in [0.05, 0.1) is 12.1 Å². The number of rotatable bonds is 7. The maximum Gasteiger partial charge on any atom is 0.293 e. The fraction of sp³-hybridized carbons (Fsp3) is 0.714. The van der Waals surface area contributed by atoms with Crippen molar-refractivity contribution in [2.24, 2.45) is 5.92 Å². The number of hydrogen-bond donors (Lipinski definition) is 2. The van der Waals surface area contributed by atoms with Crippen LogP contribution in [-0.2, 0) is 6.54 Å². The number of aliphatic hydroxyl groups is 1. The normalized spacial score (nSPS) is 11.9. The molecule has 108 valence electrons. The number of nitrogens with zero attached hydrogens (tertiary/aromatic N) is 2. The summed E-state index contributed by atoms with van der Waals surface area (Å²) < 4.78 is 1.66. The minimum atomic E-state index is -0.469. The first-order chi connectivity index (χ1) is 8.98. The van der Waals surface area contributed by atoms with Crippen molar-refractivity contribution in [3.63, 3.8) is 0 Å². The zero-order chi connectivity index (χ0) is 14.5. The Morgan fingerprint density at radius 1 is 1.42 bits per heavy atom. The van der Waals surface area contributed by atoms with Gasteiger partial charge in [-0.05, 0) is 18.8 Å². The first-order valence-corrected chi connectivity index (χ1v) is 6.92. The Bertz CT molecular complexity index is 442. The van der Waals surface area contributed by atoms with E-state index in [1.807, 2.05) is 13.8 Å². The summed E-state index contributed by atoms with van der Waals surface area (Å²) in [6.07, 6.45) is 4.80. The fourth-order valence-corrected chi connectivity index (χ4v) is 2.01. The first kappa shape index (κ1) is 15.7. The zero-order valence-electron chi connectivity index (χ0n) is 12.3. The van der Waals surface area contributed by atoms with Crippen LogP contribution in [0.1, 0.15) is 40.5 Å². The van der Waals surface area contributed by atoms with Gasteiger partial charge in [0.15, 0.2) is 5.82 Å². The Labute approximate surface area is 114 Å². The summed E-state index contributed by atoms with van der Waals surface area (Å²) >= 11 is 0. The lowest BCUT2D eigenvalue weighted by Crippen LogP contribution is -2.43. The van der Waals surface area contributed by atoms with Gasteiger partial charge in [0, 0.05) is 18.9 Å². The summed E-state index contributed by atoms with van der Waals surface area (Å²) in [5.41, 5.74) is -0.598. The minimum absolute atomic E-state index is 0.0137. The molecule has 0 amide bonds. The Morgan fingerprint density at radius 3 is 2.53 bits per heavy atom. The molecule has 1 heterocycles. The van der Waals surface area contributed by atoms with Crippen molar-refractivity contribution in [1.29, 1.82) is 0 Å². The van der Waals surface area contributed by atoms with Crippen LogP contribution in [0.4, 0.5) is 5.82 Å². The molecule has 5 nitrogen and oxygen atoms in total. The molecule has 2 N–H and O–H groups in total. The number of nitrogens with one attached hydrogen (secondary N) is 1. The van der Waals surface area contributed by atoms with Crippen LogP contribution < -0.4 is 10.9 Å². The lowest BCUT2D eigenvalue weighted by molar-refractivity contribution is 0.202. The van der Waals surface area contributed by atoms with Crippen LogP contribution in [0.25, 0.3) is 0 Å². The molecule has 1 aromatic heterocycles. The quantitative estimate of drug-likeness (QED) is 0.791. The maximum absolute atomic E-state index is 12.3. The van der Waals surface area contributed by atoms with E-state index in [1.165, 1.54) is 0 Å². The molecule has 0 bridgehead atoms. The number of aliphatic hydroxyl groups excluding tert-OH is 1. The predicted molar refractivity (Wildman–Crippen MR) is 77.4 cm³/mol. The second-order valence-corrected chi connectivity index (χ2v) is 5.40. The van der Waals surface area contributed by atoms with Crippen molar-refractivity contribution >= 4 is 5.82 Å². The smallest absolute Gasteiger partial charge is 0.293 e. The summed E-state index contributed by atoms with van der Waals surface area (Å²) in [6.45, 7) is 8.76. The van der Waals surface area contributed by atoms with E-state index < -0.39 is 5.54 Å². The lowest BCUT2D eigenvalue weighted by Gasteiger charge is -2.31. The summed E-state index contributed by atoms with van der Waals surface area (Å²) in [7, 11) is 0. The highest BCUT2D eigenvalue weighted by molar-refractivity contribution is 5.35. The van der Waals surface area contributed by atoms with Crippen molar-refractivity contribution in [3.05, 3.63) is 22.7 Å². The van der Waals surface area contributed by atoms with Crippen LogP contribution in [0.3, 0.4) is 0 Å². The molecule has 1 rings (SSSR count). The van der Waals surface area contributed by atoms with Crippen molar-refractivity contribution in [2.75, 3.05) is 11.9 Å². The molecule has 0 aliphatic heterocycles. The number of anilines is 1. The van der Waals surface area contributed by atoms with Crippen LogP contribution in [0, 0.1) is 5.92 Å². The van der Waals surface area contributed by atoms with E-state index in [0.717, 1.165) is 12.8 Å². The molecular formula is C14H25N3O2. The van der Waals surface area contributed by atoms with Gasteiger partial charge in [-0.1, -0.05) is 27.7 Å². The molecule has 0 atom stereocenters. The minimum Gasteiger partial charge on any atom is -0.394 e. The topological polar surface area (TPSA) is 67.2 Å². The third-order valence-corrected chi connectivity index (χ3v) is 3.52. The van der Waals surface area contributed by atoms with Crippen LogP contribution in [0.5, 0.6) is 0 Å². The number of aromatic nitrogens is 2. The van der Waals surface area contributed by atoms with E-state index >= 15 is 0 Å².